The van der Waals surface area contributed by atoms with E-state index in [4.69, 9.17) is 9.68 Å². The smallest absolute Gasteiger partial charge is 0.244 e. The van der Waals surface area contributed by atoms with Crippen molar-refractivity contribution in [3.8, 4) is 6.07 Å². The summed E-state index contributed by atoms with van der Waals surface area (Å²) in [6.45, 7) is 1.78. The van der Waals surface area contributed by atoms with E-state index in [1.54, 1.807) is 25.1 Å². The number of hydrogen-bond donors (Lipinski definition) is 1. The summed E-state index contributed by atoms with van der Waals surface area (Å²) < 4.78 is 5.37. The van der Waals surface area contributed by atoms with Gasteiger partial charge in [0.25, 0.3) is 0 Å². The molecule has 0 aliphatic heterocycles. The lowest BCUT2D eigenvalue weighted by atomic mass is 9.69. The molecule has 1 aromatic heterocycles. The van der Waals surface area contributed by atoms with Crippen molar-refractivity contribution < 1.29 is 9.21 Å². The van der Waals surface area contributed by atoms with Crippen LogP contribution in [0.1, 0.15) is 25.2 Å². The summed E-state index contributed by atoms with van der Waals surface area (Å²) in [6.07, 6.45) is 2.21. The zero-order valence-corrected chi connectivity index (χ0v) is 10.6. The van der Waals surface area contributed by atoms with Gasteiger partial charge in [0.1, 0.15) is 10.9 Å². The number of carbonyl (C=O) groups is 1. The van der Waals surface area contributed by atoms with Crippen LogP contribution >= 0.6 is 0 Å². The van der Waals surface area contributed by atoms with Crippen LogP contribution in [0.4, 0.5) is 5.69 Å². The average molecular weight is 255 g/mol. The molecule has 96 valence electrons. The molecule has 5 nitrogen and oxygen atoms in total. The third kappa shape index (κ3) is 1.85. The van der Waals surface area contributed by atoms with Crippen LogP contribution in [0.2, 0.25) is 0 Å². The fourth-order valence-corrected chi connectivity index (χ4v) is 2.29. The average Bonchev–Trinajstić information content (AvgIpc) is 2.67. The molecule has 1 amide bonds. The summed E-state index contributed by atoms with van der Waals surface area (Å²) >= 11 is 0. The van der Waals surface area contributed by atoms with Crippen LogP contribution in [-0.2, 0) is 4.79 Å². The maximum absolute atomic E-state index is 12.1. The second-order valence-electron chi connectivity index (χ2n) is 4.92. The molecule has 1 saturated carbocycles. The third-order valence-corrected chi connectivity index (χ3v) is 3.61. The minimum atomic E-state index is -0.839. The SMILES string of the molecule is Cc1nc2cc(NC(=O)C3(C#N)CCC3)ccc2o1. The van der Waals surface area contributed by atoms with Crippen LogP contribution in [0.3, 0.4) is 0 Å². The van der Waals surface area contributed by atoms with E-state index in [2.05, 4.69) is 16.4 Å². The normalized spacial score (nSPS) is 16.6. The van der Waals surface area contributed by atoms with Crippen molar-refractivity contribution in [1.29, 1.82) is 5.26 Å². The van der Waals surface area contributed by atoms with Gasteiger partial charge in [0.2, 0.25) is 5.91 Å². The van der Waals surface area contributed by atoms with E-state index in [-0.39, 0.29) is 5.91 Å². The van der Waals surface area contributed by atoms with Crippen molar-refractivity contribution in [3.63, 3.8) is 0 Å². The van der Waals surface area contributed by atoms with Gasteiger partial charge in [0, 0.05) is 12.6 Å². The Morgan fingerprint density at radius 3 is 2.95 bits per heavy atom. The van der Waals surface area contributed by atoms with Crippen molar-refractivity contribution in [2.75, 3.05) is 5.32 Å². The first-order valence-corrected chi connectivity index (χ1v) is 6.23. The van der Waals surface area contributed by atoms with Gasteiger partial charge >= 0.3 is 0 Å². The summed E-state index contributed by atoms with van der Waals surface area (Å²) in [5.74, 6) is 0.367. The highest BCUT2D eigenvalue weighted by Crippen LogP contribution is 2.41. The van der Waals surface area contributed by atoms with E-state index in [0.717, 1.165) is 6.42 Å². The molecule has 2 aromatic rings. The number of aromatic nitrogens is 1. The Hall–Kier alpha value is -2.35. The molecule has 0 bridgehead atoms. The van der Waals surface area contributed by atoms with Crippen LogP contribution in [-0.4, -0.2) is 10.9 Å². The van der Waals surface area contributed by atoms with Gasteiger partial charge in [-0.3, -0.25) is 4.79 Å². The number of hydrogen-bond acceptors (Lipinski definition) is 4. The van der Waals surface area contributed by atoms with Gasteiger partial charge in [-0.15, -0.1) is 0 Å². The van der Waals surface area contributed by atoms with Crippen molar-refractivity contribution in [2.45, 2.75) is 26.2 Å². The maximum atomic E-state index is 12.1. The lowest BCUT2D eigenvalue weighted by Crippen LogP contribution is -2.40. The lowest BCUT2D eigenvalue weighted by Gasteiger charge is -2.33. The summed E-state index contributed by atoms with van der Waals surface area (Å²) in [5.41, 5.74) is 1.20. The summed E-state index contributed by atoms with van der Waals surface area (Å²) in [7, 11) is 0. The molecular weight excluding hydrogens is 242 g/mol. The van der Waals surface area contributed by atoms with Crippen LogP contribution < -0.4 is 5.32 Å². The summed E-state index contributed by atoms with van der Waals surface area (Å²) in [5, 5.41) is 11.9. The molecule has 0 atom stereocenters. The Kier molecular flexibility index (Phi) is 2.53. The molecule has 3 rings (SSSR count). The largest absolute Gasteiger partial charge is 0.441 e. The van der Waals surface area contributed by atoms with Crippen LogP contribution in [0, 0.1) is 23.7 Å². The number of nitrogens with zero attached hydrogens (tertiary/aromatic N) is 2. The number of nitrogens with one attached hydrogen (secondary N) is 1. The van der Waals surface area contributed by atoms with Crippen LogP contribution in [0.5, 0.6) is 0 Å². The Balaban J connectivity index is 1.85. The van der Waals surface area contributed by atoms with Gasteiger partial charge in [0.15, 0.2) is 11.5 Å². The Bertz CT molecular complexity index is 692. The molecule has 1 heterocycles. The van der Waals surface area contributed by atoms with Gasteiger partial charge in [0.05, 0.1) is 6.07 Å². The second kappa shape index (κ2) is 4.09. The number of aryl methyl sites for hydroxylation is 1. The molecule has 1 N–H and O–H groups in total. The van der Waals surface area contributed by atoms with E-state index < -0.39 is 5.41 Å². The van der Waals surface area contributed by atoms with E-state index in [1.165, 1.54) is 0 Å². The zero-order chi connectivity index (χ0) is 13.5. The van der Waals surface area contributed by atoms with E-state index in [1.807, 2.05) is 0 Å². The topological polar surface area (TPSA) is 78.9 Å². The molecule has 1 aromatic carbocycles. The zero-order valence-electron chi connectivity index (χ0n) is 10.6. The quantitative estimate of drug-likeness (QED) is 0.894. The predicted octanol–water partition coefficient (Wildman–Crippen LogP) is 2.77. The number of fused-ring (bicyclic) bond motifs is 1. The fourth-order valence-electron chi connectivity index (χ4n) is 2.29. The van der Waals surface area contributed by atoms with Gasteiger partial charge < -0.3 is 9.73 Å². The Morgan fingerprint density at radius 1 is 1.53 bits per heavy atom. The number of anilines is 1. The molecule has 19 heavy (non-hydrogen) atoms. The molecule has 0 unspecified atom stereocenters. The van der Waals surface area contributed by atoms with Gasteiger partial charge in [-0.05, 0) is 37.5 Å². The second-order valence-corrected chi connectivity index (χ2v) is 4.92. The first kappa shape index (κ1) is 11.7. The van der Waals surface area contributed by atoms with Gasteiger partial charge in [-0.25, -0.2) is 4.98 Å². The Morgan fingerprint density at radius 2 is 2.32 bits per heavy atom. The maximum Gasteiger partial charge on any atom is 0.244 e. The summed E-state index contributed by atoms with van der Waals surface area (Å²) in [4.78, 5) is 16.3. The fraction of sp³-hybridized carbons (Fsp3) is 0.357. The first-order valence-electron chi connectivity index (χ1n) is 6.23. The molecule has 5 heteroatoms. The van der Waals surface area contributed by atoms with Crippen molar-refractivity contribution in [1.82, 2.24) is 4.98 Å². The minimum absolute atomic E-state index is 0.221. The number of amides is 1. The lowest BCUT2D eigenvalue weighted by molar-refractivity contribution is -0.126. The molecule has 1 aliphatic carbocycles. The molecule has 1 fully saturated rings. The highest BCUT2D eigenvalue weighted by Gasteiger charge is 2.44. The van der Waals surface area contributed by atoms with Crippen molar-refractivity contribution in [3.05, 3.63) is 24.1 Å². The molecule has 0 spiro atoms. The van der Waals surface area contributed by atoms with E-state index >= 15 is 0 Å². The molecule has 1 aliphatic rings. The number of rotatable bonds is 2. The number of nitriles is 1. The van der Waals surface area contributed by atoms with E-state index in [9.17, 15) is 4.79 Å². The number of oxazole rings is 1. The minimum Gasteiger partial charge on any atom is -0.441 e. The highest BCUT2D eigenvalue weighted by atomic mass is 16.3. The summed E-state index contributed by atoms with van der Waals surface area (Å²) in [6, 6.07) is 7.41. The van der Waals surface area contributed by atoms with E-state index in [0.29, 0.717) is 35.5 Å². The molecule has 0 saturated heterocycles. The standard InChI is InChI=1S/C14H13N3O2/c1-9-16-11-7-10(3-4-12(11)19-9)17-13(18)14(8-15)5-2-6-14/h3-4,7H,2,5-6H2,1H3,(H,17,18). The van der Waals surface area contributed by atoms with Crippen LogP contribution in [0.25, 0.3) is 11.1 Å². The van der Waals surface area contributed by atoms with Gasteiger partial charge in [-0.2, -0.15) is 5.26 Å². The van der Waals surface area contributed by atoms with Crippen molar-refractivity contribution in [2.24, 2.45) is 5.41 Å². The van der Waals surface area contributed by atoms with Crippen LogP contribution in [0.15, 0.2) is 22.6 Å². The third-order valence-electron chi connectivity index (χ3n) is 3.61. The predicted molar refractivity (Wildman–Crippen MR) is 69.3 cm³/mol. The molecule has 0 radical (unpaired) electrons. The number of carbonyl (C=O) groups excluding carboxylic acids is 1. The number of benzene rings is 1. The highest BCUT2D eigenvalue weighted by molar-refractivity contribution is 5.98. The van der Waals surface area contributed by atoms with Gasteiger partial charge in [-0.1, -0.05) is 0 Å². The Labute approximate surface area is 110 Å². The first-order chi connectivity index (χ1) is 9.13. The van der Waals surface area contributed by atoms with Crippen molar-refractivity contribution >= 4 is 22.7 Å². The monoisotopic (exact) mass is 255 g/mol. The molecular formula is C14H13N3O2.